The van der Waals surface area contributed by atoms with E-state index in [9.17, 15) is 9.90 Å². The van der Waals surface area contributed by atoms with Gasteiger partial charge in [0.1, 0.15) is 0 Å². The van der Waals surface area contributed by atoms with E-state index in [-0.39, 0.29) is 17.4 Å². The highest BCUT2D eigenvalue weighted by molar-refractivity contribution is 5.76. The van der Waals surface area contributed by atoms with Crippen molar-refractivity contribution in [2.24, 2.45) is 11.3 Å². The molecule has 0 radical (unpaired) electrons. The van der Waals surface area contributed by atoms with Crippen LogP contribution in [0.2, 0.25) is 0 Å². The van der Waals surface area contributed by atoms with Gasteiger partial charge in [0, 0.05) is 24.9 Å². The van der Waals surface area contributed by atoms with E-state index in [0.29, 0.717) is 25.9 Å². The summed E-state index contributed by atoms with van der Waals surface area (Å²) in [6.45, 7) is 9.92. The minimum Gasteiger partial charge on any atom is -0.392 e. The van der Waals surface area contributed by atoms with Gasteiger partial charge < -0.3 is 10.0 Å². The van der Waals surface area contributed by atoms with Gasteiger partial charge in [-0.25, -0.2) is 0 Å². The molecule has 1 N–H and O–H groups in total. The van der Waals surface area contributed by atoms with Crippen LogP contribution in [0.4, 0.5) is 0 Å². The third kappa shape index (κ3) is 4.60. The number of hydrogen-bond donors (Lipinski definition) is 1. The second kappa shape index (κ2) is 6.55. The molecule has 1 heterocycles. The van der Waals surface area contributed by atoms with Gasteiger partial charge in [-0.2, -0.15) is 0 Å². The number of hydrogen-bond acceptors (Lipinski definition) is 2. The van der Waals surface area contributed by atoms with Crippen molar-refractivity contribution in [1.82, 2.24) is 4.90 Å². The van der Waals surface area contributed by atoms with Gasteiger partial charge in [0.2, 0.25) is 5.91 Å². The maximum atomic E-state index is 12.1. The largest absolute Gasteiger partial charge is 0.392 e. The van der Waals surface area contributed by atoms with Crippen LogP contribution in [0.1, 0.15) is 59.8 Å². The Kier molecular flexibility index (Phi) is 5.64. The predicted octanol–water partition coefficient (Wildman–Crippen LogP) is 2.82. The quantitative estimate of drug-likeness (QED) is 0.767. The molecule has 0 aliphatic carbocycles. The summed E-state index contributed by atoms with van der Waals surface area (Å²) in [5, 5.41) is 9.87. The number of amides is 1. The lowest BCUT2D eigenvalue weighted by molar-refractivity contribution is -0.137. The Balaban J connectivity index is 2.30. The molecule has 0 spiro atoms. The molecule has 0 saturated carbocycles. The van der Waals surface area contributed by atoms with Crippen LogP contribution < -0.4 is 0 Å². The Morgan fingerprint density at radius 3 is 2.61 bits per heavy atom. The molecule has 1 aliphatic heterocycles. The summed E-state index contributed by atoms with van der Waals surface area (Å²) in [6, 6.07) is 0. The number of likely N-dealkylation sites (tertiary alicyclic amines) is 1. The zero-order chi connectivity index (χ0) is 13.8. The summed E-state index contributed by atoms with van der Waals surface area (Å²) in [5.74, 6) is 0.989. The smallest absolute Gasteiger partial charge is 0.222 e. The maximum absolute atomic E-state index is 12.1. The van der Waals surface area contributed by atoms with E-state index in [4.69, 9.17) is 0 Å². The van der Waals surface area contributed by atoms with Crippen LogP contribution in [0.25, 0.3) is 0 Å². The third-order valence-corrected chi connectivity index (χ3v) is 3.95. The number of aliphatic hydroxyl groups is 1. The number of unbranched alkanes of at least 4 members (excludes halogenated alkanes) is 1. The molecule has 1 rings (SSSR count). The van der Waals surface area contributed by atoms with Crippen molar-refractivity contribution in [1.29, 1.82) is 0 Å². The summed E-state index contributed by atoms with van der Waals surface area (Å²) < 4.78 is 0. The number of carbonyl (C=O) groups excluding carboxylic acids is 1. The summed E-state index contributed by atoms with van der Waals surface area (Å²) in [4.78, 5) is 14.0. The van der Waals surface area contributed by atoms with Crippen molar-refractivity contribution < 1.29 is 9.90 Å². The van der Waals surface area contributed by atoms with Crippen LogP contribution in [-0.4, -0.2) is 35.1 Å². The molecule has 106 valence electrons. The molecule has 0 aromatic heterocycles. The molecule has 0 aromatic carbocycles. The average molecular weight is 255 g/mol. The monoisotopic (exact) mass is 255 g/mol. The Bertz CT molecular complexity index is 274. The number of aliphatic hydroxyl groups excluding tert-OH is 1. The number of nitrogens with zero attached hydrogens (tertiary/aromatic N) is 1. The first-order chi connectivity index (χ1) is 8.33. The second-order valence-electron chi connectivity index (χ2n) is 6.75. The van der Waals surface area contributed by atoms with Crippen LogP contribution in [0.5, 0.6) is 0 Å². The van der Waals surface area contributed by atoms with Gasteiger partial charge in [0.15, 0.2) is 0 Å². The van der Waals surface area contributed by atoms with Gasteiger partial charge >= 0.3 is 0 Å². The third-order valence-electron chi connectivity index (χ3n) is 3.95. The van der Waals surface area contributed by atoms with E-state index < -0.39 is 0 Å². The van der Waals surface area contributed by atoms with Crippen LogP contribution in [0, 0.1) is 11.3 Å². The van der Waals surface area contributed by atoms with E-state index >= 15 is 0 Å². The number of carbonyl (C=O) groups is 1. The van der Waals surface area contributed by atoms with Crippen molar-refractivity contribution in [2.75, 3.05) is 13.1 Å². The molecule has 1 amide bonds. The highest BCUT2D eigenvalue weighted by Crippen LogP contribution is 2.29. The van der Waals surface area contributed by atoms with Crippen molar-refractivity contribution in [3.63, 3.8) is 0 Å². The minimum absolute atomic E-state index is 0.161. The summed E-state index contributed by atoms with van der Waals surface area (Å²) in [7, 11) is 0. The van der Waals surface area contributed by atoms with Crippen molar-refractivity contribution in [3.05, 3.63) is 0 Å². The molecule has 1 atom stereocenters. The molecular formula is C15H29NO2. The molecule has 1 unspecified atom stereocenters. The van der Waals surface area contributed by atoms with Crippen LogP contribution in [0.15, 0.2) is 0 Å². The van der Waals surface area contributed by atoms with Gasteiger partial charge in [-0.1, -0.05) is 40.5 Å². The molecule has 3 heteroatoms. The number of rotatable bonds is 5. The molecule has 3 nitrogen and oxygen atoms in total. The van der Waals surface area contributed by atoms with Gasteiger partial charge in [-0.15, -0.1) is 0 Å². The van der Waals surface area contributed by atoms with Gasteiger partial charge in [-0.05, 0) is 18.8 Å². The molecule has 0 bridgehead atoms. The maximum Gasteiger partial charge on any atom is 0.222 e. The zero-order valence-corrected chi connectivity index (χ0v) is 12.4. The first kappa shape index (κ1) is 15.5. The second-order valence-corrected chi connectivity index (χ2v) is 6.75. The van der Waals surface area contributed by atoms with Crippen molar-refractivity contribution in [3.8, 4) is 0 Å². The van der Waals surface area contributed by atoms with E-state index in [0.717, 1.165) is 18.8 Å². The highest BCUT2D eigenvalue weighted by atomic mass is 16.3. The summed E-state index contributed by atoms with van der Waals surface area (Å²) in [5.41, 5.74) is -0.161. The first-order valence-corrected chi connectivity index (χ1v) is 7.29. The van der Waals surface area contributed by atoms with Crippen LogP contribution in [-0.2, 0) is 4.79 Å². The van der Waals surface area contributed by atoms with Gasteiger partial charge in [-0.3, -0.25) is 4.79 Å². The first-order valence-electron chi connectivity index (χ1n) is 7.29. The van der Waals surface area contributed by atoms with E-state index in [1.807, 2.05) is 18.7 Å². The van der Waals surface area contributed by atoms with E-state index in [1.165, 1.54) is 6.42 Å². The lowest BCUT2D eigenvalue weighted by Crippen LogP contribution is -2.50. The Morgan fingerprint density at radius 2 is 2.06 bits per heavy atom. The summed E-state index contributed by atoms with van der Waals surface area (Å²) >= 11 is 0. The fourth-order valence-electron chi connectivity index (χ4n) is 2.55. The SMILES string of the molecule is CC(C)CCCCC(=O)N1CCC(O)C(C)(C)C1. The number of piperidine rings is 1. The molecule has 1 saturated heterocycles. The van der Waals surface area contributed by atoms with Crippen LogP contribution >= 0.6 is 0 Å². The predicted molar refractivity (Wildman–Crippen MR) is 74.3 cm³/mol. The van der Waals surface area contributed by atoms with Gasteiger partial charge in [0.25, 0.3) is 0 Å². The molecule has 1 fully saturated rings. The lowest BCUT2D eigenvalue weighted by Gasteiger charge is -2.41. The molecule has 0 aromatic rings. The van der Waals surface area contributed by atoms with Crippen molar-refractivity contribution in [2.45, 2.75) is 65.9 Å². The van der Waals surface area contributed by atoms with Crippen LogP contribution in [0.3, 0.4) is 0 Å². The topological polar surface area (TPSA) is 40.5 Å². The minimum atomic E-state index is -0.275. The standard InChI is InChI=1S/C15H29NO2/c1-12(2)7-5-6-8-14(18)16-10-9-13(17)15(3,4)11-16/h12-13,17H,5-11H2,1-4H3. The Hall–Kier alpha value is -0.570. The Morgan fingerprint density at radius 1 is 1.39 bits per heavy atom. The zero-order valence-electron chi connectivity index (χ0n) is 12.4. The van der Waals surface area contributed by atoms with Gasteiger partial charge in [0.05, 0.1) is 6.10 Å². The molecule has 1 aliphatic rings. The average Bonchev–Trinajstić information content (AvgIpc) is 2.27. The van der Waals surface area contributed by atoms with E-state index in [1.54, 1.807) is 0 Å². The van der Waals surface area contributed by atoms with Crippen molar-refractivity contribution >= 4 is 5.91 Å². The van der Waals surface area contributed by atoms with E-state index in [2.05, 4.69) is 13.8 Å². The Labute approximate surface area is 112 Å². The molecular weight excluding hydrogens is 226 g/mol. The fraction of sp³-hybridized carbons (Fsp3) is 0.933. The lowest BCUT2D eigenvalue weighted by atomic mass is 9.81. The summed E-state index contributed by atoms with van der Waals surface area (Å²) in [6.07, 6.45) is 4.45. The normalized spacial score (nSPS) is 23.4. The fourth-order valence-corrected chi connectivity index (χ4v) is 2.55. The molecule has 18 heavy (non-hydrogen) atoms. The highest BCUT2D eigenvalue weighted by Gasteiger charge is 2.35.